The highest BCUT2D eigenvalue weighted by atomic mass is 16.9. The van der Waals surface area contributed by atoms with Crippen molar-refractivity contribution in [2.24, 2.45) is 17.8 Å². The summed E-state index contributed by atoms with van der Waals surface area (Å²) in [6.45, 7) is 1.99. The smallest absolute Gasteiger partial charge is 0.310 e. The standard InChI is InChI=1S/C20H20N2O5/c1-3-9-10-8-13-22-16(9)15(18(26-13)27-22)20(14(10)17(23)25-2)11-6-4-5-7-12(11)21-19(20)24/h3-7,10,13-16,18H,8H2,1-2H3,(H,21,24)/b9-3+/t10-,13-,14+,15+,16-,18-,20+/m1/s1. The van der Waals surface area contributed by atoms with Crippen LogP contribution in [0.3, 0.4) is 0 Å². The molecule has 1 aromatic rings. The number of carbonyl (C=O) groups excluding carboxylic acids is 2. The first-order valence-corrected chi connectivity index (χ1v) is 9.38. The van der Waals surface area contributed by atoms with E-state index in [4.69, 9.17) is 14.3 Å². The second-order valence-electron chi connectivity index (χ2n) is 7.90. The first kappa shape index (κ1) is 15.8. The van der Waals surface area contributed by atoms with Crippen molar-refractivity contribution in [2.75, 3.05) is 12.4 Å². The van der Waals surface area contributed by atoms with Crippen LogP contribution in [0, 0.1) is 17.8 Å². The molecule has 1 spiro atoms. The molecule has 1 saturated carbocycles. The van der Waals surface area contributed by atoms with E-state index in [-0.39, 0.29) is 36.0 Å². The number of hydroxylamine groups is 2. The lowest BCUT2D eigenvalue weighted by Gasteiger charge is -2.57. The molecular formula is C20H20N2O5. The van der Waals surface area contributed by atoms with E-state index in [1.165, 1.54) is 7.11 Å². The molecule has 4 bridgehead atoms. The number of methoxy groups -OCH3 is 1. The number of nitrogens with one attached hydrogen (secondary N) is 1. The lowest BCUT2D eigenvalue weighted by molar-refractivity contribution is -0.188. The molecule has 3 saturated heterocycles. The van der Waals surface area contributed by atoms with E-state index < -0.39 is 17.6 Å². The molecule has 5 aliphatic rings. The lowest BCUT2D eigenvalue weighted by atomic mass is 9.49. The fourth-order valence-electron chi connectivity index (χ4n) is 6.34. The molecule has 0 unspecified atom stereocenters. The summed E-state index contributed by atoms with van der Waals surface area (Å²) in [4.78, 5) is 32.7. The first-order valence-electron chi connectivity index (χ1n) is 9.38. The summed E-state index contributed by atoms with van der Waals surface area (Å²) in [5.74, 6) is -1.52. The predicted molar refractivity (Wildman–Crippen MR) is 93.0 cm³/mol. The second kappa shape index (κ2) is 4.98. The molecule has 6 rings (SSSR count). The van der Waals surface area contributed by atoms with Gasteiger partial charge in [0.05, 0.1) is 30.4 Å². The highest BCUT2D eigenvalue weighted by Crippen LogP contribution is 2.66. The van der Waals surface area contributed by atoms with E-state index in [0.29, 0.717) is 6.42 Å². The van der Waals surface area contributed by atoms with Gasteiger partial charge < -0.3 is 14.8 Å². The molecule has 140 valence electrons. The number of nitrogens with zero attached hydrogens (tertiary/aromatic N) is 1. The van der Waals surface area contributed by atoms with Crippen LogP contribution in [0.5, 0.6) is 0 Å². The zero-order valence-electron chi connectivity index (χ0n) is 15.0. The number of anilines is 1. The Labute approximate surface area is 156 Å². The van der Waals surface area contributed by atoms with Gasteiger partial charge in [-0.25, -0.2) is 0 Å². The minimum absolute atomic E-state index is 0.0599. The molecule has 1 aromatic carbocycles. The van der Waals surface area contributed by atoms with Gasteiger partial charge in [-0.1, -0.05) is 29.8 Å². The van der Waals surface area contributed by atoms with Gasteiger partial charge >= 0.3 is 5.97 Å². The summed E-state index contributed by atoms with van der Waals surface area (Å²) in [5, 5.41) is 4.92. The Hall–Kier alpha value is -2.22. The van der Waals surface area contributed by atoms with Gasteiger partial charge in [-0.2, -0.15) is 0 Å². The van der Waals surface area contributed by atoms with Crippen molar-refractivity contribution in [1.29, 1.82) is 0 Å². The van der Waals surface area contributed by atoms with Gasteiger partial charge in [0.15, 0.2) is 6.29 Å². The van der Waals surface area contributed by atoms with Crippen molar-refractivity contribution in [3.63, 3.8) is 0 Å². The fourth-order valence-corrected chi connectivity index (χ4v) is 6.34. The molecule has 0 aromatic heterocycles. The zero-order valence-corrected chi connectivity index (χ0v) is 15.0. The molecular weight excluding hydrogens is 348 g/mol. The summed E-state index contributed by atoms with van der Waals surface area (Å²) < 4.78 is 11.4. The monoisotopic (exact) mass is 368 g/mol. The molecule has 0 radical (unpaired) electrons. The van der Waals surface area contributed by atoms with E-state index in [1.807, 2.05) is 36.3 Å². The Bertz CT molecular complexity index is 913. The normalized spacial score (nSPS) is 44.8. The topological polar surface area (TPSA) is 77.1 Å². The Kier molecular flexibility index (Phi) is 2.91. The van der Waals surface area contributed by atoms with Crippen molar-refractivity contribution in [3.8, 4) is 0 Å². The largest absolute Gasteiger partial charge is 0.469 e. The molecule has 7 atom stereocenters. The van der Waals surface area contributed by atoms with E-state index in [1.54, 1.807) is 0 Å². The minimum Gasteiger partial charge on any atom is -0.469 e. The first-order chi connectivity index (χ1) is 13.1. The highest BCUT2D eigenvalue weighted by molar-refractivity contribution is 6.09. The number of hydrogen-bond acceptors (Lipinski definition) is 6. The average molecular weight is 368 g/mol. The van der Waals surface area contributed by atoms with Crippen LogP contribution < -0.4 is 5.32 Å². The molecule has 4 fully saturated rings. The summed E-state index contributed by atoms with van der Waals surface area (Å²) in [6, 6.07) is 7.57. The molecule has 7 nitrogen and oxygen atoms in total. The van der Waals surface area contributed by atoms with Crippen LogP contribution in [0.4, 0.5) is 5.69 Å². The number of amides is 1. The van der Waals surface area contributed by atoms with Crippen LogP contribution in [-0.2, 0) is 29.3 Å². The zero-order chi connectivity index (χ0) is 18.5. The van der Waals surface area contributed by atoms with Gasteiger partial charge in [-0.3, -0.25) is 14.4 Å². The SMILES string of the molecule is C/C=C1\[C@H]2C[C@H]3O[C@@H]4ON3[C@H]1[C@@H]4[C@@]1(C(=O)Nc3ccccc31)[C@@H]2C(=O)OC. The molecule has 4 aliphatic heterocycles. The number of esters is 1. The van der Waals surface area contributed by atoms with Gasteiger partial charge in [0.2, 0.25) is 5.91 Å². The number of allylic oxidation sites excluding steroid dienone is 1. The fraction of sp³-hybridized carbons (Fsp3) is 0.500. The minimum atomic E-state index is -1.06. The Morgan fingerprint density at radius 3 is 3.00 bits per heavy atom. The highest BCUT2D eigenvalue weighted by Gasteiger charge is 2.77. The van der Waals surface area contributed by atoms with Gasteiger partial charge in [-0.15, -0.1) is 5.06 Å². The summed E-state index contributed by atoms with van der Waals surface area (Å²) >= 11 is 0. The van der Waals surface area contributed by atoms with E-state index in [9.17, 15) is 9.59 Å². The van der Waals surface area contributed by atoms with Crippen LogP contribution in [-0.4, -0.2) is 42.6 Å². The quantitative estimate of drug-likeness (QED) is 0.599. The molecule has 4 heterocycles. The van der Waals surface area contributed by atoms with Gasteiger partial charge in [0, 0.05) is 5.69 Å². The molecule has 1 N–H and O–H groups in total. The number of rotatable bonds is 1. The summed E-state index contributed by atoms with van der Waals surface area (Å²) in [7, 11) is 1.40. The van der Waals surface area contributed by atoms with Gasteiger partial charge in [0.25, 0.3) is 0 Å². The van der Waals surface area contributed by atoms with E-state index in [0.717, 1.165) is 16.8 Å². The molecule has 27 heavy (non-hydrogen) atoms. The Morgan fingerprint density at radius 2 is 2.22 bits per heavy atom. The number of ether oxygens (including phenoxy) is 2. The van der Waals surface area contributed by atoms with Gasteiger partial charge in [-0.05, 0) is 30.9 Å². The van der Waals surface area contributed by atoms with Crippen molar-refractivity contribution in [2.45, 2.75) is 37.3 Å². The van der Waals surface area contributed by atoms with E-state index >= 15 is 0 Å². The number of para-hydroxylation sites is 1. The van der Waals surface area contributed by atoms with Crippen molar-refractivity contribution in [3.05, 3.63) is 41.5 Å². The van der Waals surface area contributed by atoms with E-state index in [2.05, 4.69) is 11.4 Å². The van der Waals surface area contributed by atoms with Gasteiger partial charge in [0.1, 0.15) is 6.23 Å². The third-order valence-corrected chi connectivity index (χ3v) is 7.14. The molecule has 1 amide bonds. The maximum Gasteiger partial charge on any atom is 0.310 e. The maximum absolute atomic E-state index is 13.5. The van der Waals surface area contributed by atoms with Crippen molar-refractivity contribution >= 4 is 17.6 Å². The number of benzene rings is 1. The summed E-state index contributed by atoms with van der Waals surface area (Å²) in [6.07, 6.45) is 1.97. The summed E-state index contributed by atoms with van der Waals surface area (Å²) in [5.41, 5.74) is 1.70. The van der Waals surface area contributed by atoms with Crippen LogP contribution in [0.15, 0.2) is 35.9 Å². The number of fused-ring (bicyclic) bond motifs is 6. The third-order valence-electron chi connectivity index (χ3n) is 7.14. The van der Waals surface area contributed by atoms with Crippen LogP contribution in [0.25, 0.3) is 0 Å². The van der Waals surface area contributed by atoms with Crippen molar-refractivity contribution in [1.82, 2.24) is 5.06 Å². The lowest BCUT2D eigenvalue weighted by Crippen LogP contribution is -2.69. The maximum atomic E-state index is 13.5. The Morgan fingerprint density at radius 1 is 1.41 bits per heavy atom. The van der Waals surface area contributed by atoms with Crippen molar-refractivity contribution < 1.29 is 23.9 Å². The number of carbonyl (C=O) groups is 2. The number of piperidine rings is 1. The third kappa shape index (κ3) is 1.57. The molecule has 1 aliphatic carbocycles. The predicted octanol–water partition coefficient (Wildman–Crippen LogP) is 1.56. The molecule has 7 heteroatoms. The van der Waals surface area contributed by atoms with Crippen LogP contribution >= 0.6 is 0 Å². The second-order valence-corrected chi connectivity index (χ2v) is 7.90. The van der Waals surface area contributed by atoms with Crippen LogP contribution in [0.2, 0.25) is 0 Å². The average Bonchev–Trinajstić information content (AvgIpc) is 3.33. The van der Waals surface area contributed by atoms with Crippen LogP contribution in [0.1, 0.15) is 18.9 Å². The number of hydrogen-bond donors (Lipinski definition) is 1. The Balaban J connectivity index is 1.68.